The van der Waals surface area contributed by atoms with E-state index in [-0.39, 0.29) is 40.1 Å². The van der Waals surface area contributed by atoms with Gasteiger partial charge in [0.25, 0.3) is 0 Å². The van der Waals surface area contributed by atoms with Crippen molar-refractivity contribution in [2.24, 2.45) is 0 Å². The standard InChI is InChI=1S/C25H26O6/c1-13(2)5-10-16-21(27)17-11-19(25(3,4)29)31-24(17)20-22(28)18(12-30-23(16)20)14-6-8-15(26)9-7-14/h5-9,12,19,26-27,29H,10-11H2,1-4H3. The summed E-state index contributed by atoms with van der Waals surface area (Å²) >= 11 is 0. The summed E-state index contributed by atoms with van der Waals surface area (Å²) in [6.07, 6.45) is 3.40. The van der Waals surface area contributed by atoms with Gasteiger partial charge in [0.15, 0.2) is 0 Å². The molecule has 2 aromatic carbocycles. The van der Waals surface area contributed by atoms with Gasteiger partial charge in [-0.1, -0.05) is 23.8 Å². The van der Waals surface area contributed by atoms with Gasteiger partial charge in [-0.05, 0) is 51.8 Å². The first-order valence-electron chi connectivity index (χ1n) is 10.2. The fourth-order valence-corrected chi connectivity index (χ4v) is 3.86. The van der Waals surface area contributed by atoms with Gasteiger partial charge < -0.3 is 24.5 Å². The second-order valence-electron chi connectivity index (χ2n) is 8.81. The molecule has 0 radical (unpaired) electrons. The Hall–Kier alpha value is -3.25. The summed E-state index contributed by atoms with van der Waals surface area (Å²) in [6.45, 7) is 7.19. The van der Waals surface area contributed by atoms with Crippen LogP contribution in [-0.4, -0.2) is 27.0 Å². The Morgan fingerprint density at radius 3 is 2.48 bits per heavy atom. The highest BCUT2D eigenvalue weighted by atomic mass is 16.5. The first kappa shape index (κ1) is 21.0. The molecule has 1 unspecified atom stereocenters. The average Bonchev–Trinajstić information content (AvgIpc) is 3.15. The molecule has 0 amide bonds. The van der Waals surface area contributed by atoms with Crippen LogP contribution in [0.3, 0.4) is 0 Å². The van der Waals surface area contributed by atoms with E-state index in [1.54, 1.807) is 26.0 Å². The van der Waals surface area contributed by atoms with Gasteiger partial charge in [0, 0.05) is 17.5 Å². The van der Waals surface area contributed by atoms with E-state index in [4.69, 9.17) is 9.15 Å². The zero-order valence-corrected chi connectivity index (χ0v) is 18.0. The minimum Gasteiger partial charge on any atom is -0.508 e. The molecular weight excluding hydrogens is 396 g/mol. The Kier molecular flexibility index (Phi) is 5.06. The average molecular weight is 422 g/mol. The van der Waals surface area contributed by atoms with Crippen molar-refractivity contribution in [3.05, 3.63) is 63.5 Å². The third-order valence-electron chi connectivity index (χ3n) is 5.67. The van der Waals surface area contributed by atoms with Crippen molar-refractivity contribution >= 4 is 11.0 Å². The molecule has 4 rings (SSSR count). The molecule has 0 bridgehead atoms. The van der Waals surface area contributed by atoms with Gasteiger partial charge >= 0.3 is 0 Å². The van der Waals surface area contributed by atoms with Crippen molar-refractivity contribution in [2.75, 3.05) is 0 Å². The molecule has 6 nitrogen and oxygen atoms in total. The molecule has 6 heteroatoms. The Balaban J connectivity index is 2.01. The SMILES string of the molecule is CC(C)=CCc1c(O)c2c(c3c(=O)c(-c4ccc(O)cc4)coc13)OC(C(C)(C)O)C2. The van der Waals surface area contributed by atoms with E-state index < -0.39 is 11.7 Å². The number of fused-ring (bicyclic) bond motifs is 3. The van der Waals surface area contributed by atoms with Crippen LogP contribution >= 0.6 is 0 Å². The number of ether oxygens (including phenoxy) is 1. The lowest BCUT2D eigenvalue weighted by atomic mass is 9.93. The van der Waals surface area contributed by atoms with Crippen LogP contribution in [0, 0.1) is 0 Å². The summed E-state index contributed by atoms with van der Waals surface area (Å²) in [5, 5.41) is 31.3. The normalized spacial score (nSPS) is 15.6. The van der Waals surface area contributed by atoms with Crippen molar-refractivity contribution in [3.8, 4) is 28.4 Å². The fourth-order valence-electron chi connectivity index (χ4n) is 3.86. The molecule has 31 heavy (non-hydrogen) atoms. The van der Waals surface area contributed by atoms with Crippen LogP contribution in [0.5, 0.6) is 17.2 Å². The van der Waals surface area contributed by atoms with Crippen LogP contribution in [0.2, 0.25) is 0 Å². The number of phenolic OH excluding ortho intramolecular Hbond substituents is 2. The van der Waals surface area contributed by atoms with Crippen LogP contribution in [0.15, 0.2) is 51.4 Å². The number of hydrogen-bond donors (Lipinski definition) is 3. The zero-order chi connectivity index (χ0) is 22.5. The van der Waals surface area contributed by atoms with Gasteiger partial charge in [-0.2, -0.15) is 0 Å². The van der Waals surface area contributed by atoms with E-state index in [2.05, 4.69) is 0 Å². The molecule has 3 aromatic rings. The van der Waals surface area contributed by atoms with Crippen molar-refractivity contribution in [3.63, 3.8) is 0 Å². The first-order chi connectivity index (χ1) is 14.6. The molecule has 0 aliphatic carbocycles. The summed E-state index contributed by atoms with van der Waals surface area (Å²) in [5.41, 5.74) is 1.84. The molecule has 1 aromatic heterocycles. The van der Waals surface area contributed by atoms with Crippen molar-refractivity contribution in [1.29, 1.82) is 0 Å². The van der Waals surface area contributed by atoms with Gasteiger partial charge in [0.05, 0.1) is 11.2 Å². The highest BCUT2D eigenvalue weighted by molar-refractivity contribution is 5.93. The minimum atomic E-state index is -1.16. The molecule has 2 heterocycles. The molecule has 0 saturated carbocycles. The van der Waals surface area contributed by atoms with Gasteiger partial charge in [-0.3, -0.25) is 4.79 Å². The minimum absolute atomic E-state index is 0.0345. The highest BCUT2D eigenvalue weighted by Crippen LogP contribution is 2.46. The molecule has 0 saturated heterocycles. The fraction of sp³-hybridized carbons (Fsp3) is 0.320. The quantitative estimate of drug-likeness (QED) is 0.537. The van der Waals surface area contributed by atoms with E-state index in [1.807, 2.05) is 19.9 Å². The maximum absolute atomic E-state index is 13.6. The molecule has 162 valence electrons. The summed E-state index contributed by atoms with van der Waals surface area (Å²) in [6, 6.07) is 6.28. The van der Waals surface area contributed by atoms with E-state index in [0.29, 0.717) is 28.7 Å². The van der Waals surface area contributed by atoms with Crippen LogP contribution in [0.1, 0.15) is 38.8 Å². The maximum atomic E-state index is 13.6. The van der Waals surface area contributed by atoms with E-state index in [0.717, 1.165) is 5.57 Å². The van der Waals surface area contributed by atoms with Crippen LogP contribution in [0.4, 0.5) is 0 Å². The summed E-state index contributed by atoms with van der Waals surface area (Å²) < 4.78 is 11.9. The van der Waals surface area contributed by atoms with Crippen molar-refractivity contribution < 1.29 is 24.5 Å². The number of hydrogen-bond acceptors (Lipinski definition) is 6. The maximum Gasteiger partial charge on any atom is 0.204 e. The number of benzene rings is 2. The van der Waals surface area contributed by atoms with Gasteiger partial charge in [0.2, 0.25) is 5.43 Å². The Morgan fingerprint density at radius 1 is 1.19 bits per heavy atom. The van der Waals surface area contributed by atoms with Crippen LogP contribution in [-0.2, 0) is 12.8 Å². The Morgan fingerprint density at radius 2 is 1.87 bits per heavy atom. The summed E-state index contributed by atoms with van der Waals surface area (Å²) in [7, 11) is 0. The predicted octanol–water partition coefficient (Wildman–Crippen LogP) is 4.45. The lowest BCUT2D eigenvalue weighted by molar-refractivity contribution is -0.0225. The number of aliphatic hydroxyl groups is 1. The van der Waals surface area contributed by atoms with Gasteiger partial charge in [0.1, 0.15) is 40.6 Å². The lowest BCUT2D eigenvalue weighted by Gasteiger charge is -2.24. The molecule has 0 spiro atoms. The first-order valence-corrected chi connectivity index (χ1v) is 10.2. The third-order valence-corrected chi connectivity index (χ3v) is 5.67. The van der Waals surface area contributed by atoms with Gasteiger partial charge in [-0.15, -0.1) is 0 Å². The molecule has 1 aliphatic rings. The number of rotatable bonds is 4. The van der Waals surface area contributed by atoms with E-state index in [1.165, 1.54) is 18.4 Å². The van der Waals surface area contributed by atoms with Crippen molar-refractivity contribution in [2.45, 2.75) is 52.2 Å². The van der Waals surface area contributed by atoms with Crippen LogP contribution < -0.4 is 10.2 Å². The van der Waals surface area contributed by atoms with Crippen LogP contribution in [0.25, 0.3) is 22.1 Å². The number of aromatic hydroxyl groups is 2. The molecule has 1 aliphatic heterocycles. The number of allylic oxidation sites excluding steroid dienone is 2. The second-order valence-corrected chi connectivity index (χ2v) is 8.81. The molecular formula is C25H26O6. The third kappa shape index (κ3) is 3.68. The monoisotopic (exact) mass is 422 g/mol. The smallest absolute Gasteiger partial charge is 0.204 e. The zero-order valence-electron chi connectivity index (χ0n) is 18.0. The topological polar surface area (TPSA) is 100 Å². The van der Waals surface area contributed by atoms with E-state index >= 15 is 0 Å². The molecule has 3 N–H and O–H groups in total. The largest absolute Gasteiger partial charge is 0.508 e. The number of phenols is 2. The molecule has 0 fully saturated rings. The highest BCUT2D eigenvalue weighted by Gasteiger charge is 2.39. The molecule has 1 atom stereocenters. The van der Waals surface area contributed by atoms with Gasteiger partial charge in [-0.25, -0.2) is 0 Å². The second kappa shape index (κ2) is 7.46. The Bertz CT molecular complexity index is 1240. The van der Waals surface area contributed by atoms with E-state index in [9.17, 15) is 20.1 Å². The Labute approximate surface area is 180 Å². The lowest BCUT2D eigenvalue weighted by Crippen LogP contribution is -2.39. The van der Waals surface area contributed by atoms with Crippen molar-refractivity contribution in [1.82, 2.24) is 0 Å². The predicted molar refractivity (Wildman–Crippen MR) is 119 cm³/mol. The summed E-state index contributed by atoms with van der Waals surface area (Å²) in [4.78, 5) is 13.6. The summed E-state index contributed by atoms with van der Waals surface area (Å²) in [5.74, 6) is 0.391.